The number of nitrogens with zero attached hydrogens (tertiary/aromatic N) is 1. The first-order chi connectivity index (χ1) is 9.25. The topological polar surface area (TPSA) is 68.3 Å². The minimum absolute atomic E-state index is 0.134. The average Bonchev–Trinajstić information content (AvgIpc) is 2.92. The van der Waals surface area contributed by atoms with E-state index in [1.807, 2.05) is 12.1 Å². The third-order valence-corrected chi connectivity index (χ3v) is 2.87. The highest BCUT2D eigenvalue weighted by atomic mass is 16.6. The maximum atomic E-state index is 10.5. The van der Waals surface area contributed by atoms with Gasteiger partial charge in [0.1, 0.15) is 5.76 Å². The molecule has 0 spiro atoms. The lowest BCUT2D eigenvalue weighted by Crippen LogP contribution is -2.19. The molecule has 0 aliphatic rings. The summed E-state index contributed by atoms with van der Waals surface area (Å²) >= 11 is 0. The molecule has 2 aromatic rings. The highest BCUT2D eigenvalue weighted by molar-refractivity contribution is 5.32. The maximum absolute atomic E-state index is 10.5. The van der Waals surface area contributed by atoms with E-state index in [2.05, 4.69) is 5.32 Å². The van der Waals surface area contributed by atoms with Crippen LogP contribution in [-0.2, 0) is 12.8 Å². The van der Waals surface area contributed by atoms with Gasteiger partial charge in [0.15, 0.2) is 0 Å². The van der Waals surface area contributed by atoms with Gasteiger partial charge in [0.25, 0.3) is 5.69 Å². The van der Waals surface area contributed by atoms with Crippen molar-refractivity contribution in [2.24, 2.45) is 0 Å². The number of hydrogen-bond acceptors (Lipinski definition) is 4. The molecule has 5 heteroatoms. The van der Waals surface area contributed by atoms with E-state index >= 15 is 0 Å². The second kappa shape index (κ2) is 6.70. The van der Waals surface area contributed by atoms with Crippen molar-refractivity contribution in [2.45, 2.75) is 12.8 Å². The third-order valence-electron chi connectivity index (χ3n) is 2.87. The number of rotatable bonds is 7. The summed E-state index contributed by atoms with van der Waals surface area (Å²) in [6.45, 7) is 1.71. The Morgan fingerprint density at radius 1 is 1.11 bits per heavy atom. The molecule has 100 valence electrons. The lowest BCUT2D eigenvalue weighted by molar-refractivity contribution is -0.384. The summed E-state index contributed by atoms with van der Waals surface area (Å²) in [4.78, 5) is 10.1. The van der Waals surface area contributed by atoms with Crippen molar-refractivity contribution in [1.82, 2.24) is 5.32 Å². The third kappa shape index (κ3) is 4.22. The number of hydrogen-bond donors (Lipinski definition) is 1. The Morgan fingerprint density at radius 3 is 2.47 bits per heavy atom. The van der Waals surface area contributed by atoms with Crippen molar-refractivity contribution >= 4 is 5.69 Å². The quantitative estimate of drug-likeness (QED) is 0.472. The van der Waals surface area contributed by atoms with Crippen molar-refractivity contribution in [2.75, 3.05) is 13.1 Å². The van der Waals surface area contributed by atoms with Crippen molar-refractivity contribution in [3.05, 3.63) is 64.1 Å². The molecule has 0 amide bonds. The van der Waals surface area contributed by atoms with Gasteiger partial charge in [0.2, 0.25) is 0 Å². The molecule has 5 nitrogen and oxygen atoms in total. The minimum Gasteiger partial charge on any atom is -0.469 e. The second-order valence-corrected chi connectivity index (χ2v) is 4.25. The van der Waals surface area contributed by atoms with E-state index in [4.69, 9.17) is 4.42 Å². The van der Waals surface area contributed by atoms with Crippen LogP contribution >= 0.6 is 0 Å². The molecule has 1 N–H and O–H groups in total. The molecule has 0 aliphatic heterocycles. The maximum Gasteiger partial charge on any atom is 0.269 e. The van der Waals surface area contributed by atoms with Crippen LogP contribution in [0.5, 0.6) is 0 Å². The molecule has 0 unspecified atom stereocenters. The monoisotopic (exact) mass is 260 g/mol. The molecule has 2 rings (SSSR count). The van der Waals surface area contributed by atoms with E-state index in [1.54, 1.807) is 18.4 Å². The van der Waals surface area contributed by atoms with Crippen LogP contribution in [0, 0.1) is 10.1 Å². The Hall–Kier alpha value is -2.14. The summed E-state index contributed by atoms with van der Waals surface area (Å²) in [6.07, 6.45) is 3.40. The van der Waals surface area contributed by atoms with Gasteiger partial charge in [0, 0.05) is 25.1 Å². The lowest BCUT2D eigenvalue weighted by Gasteiger charge is -2.03. The van der Waals surface area contributed by atoms with Crippen molar-refractivity contribution in [3.8, 4) is 0 Å². The number of non-ortho nitro benzene ring substituents is 1. The van der Waals surface area contributed by atoms with Gasteiger partial charge in [-0.2, -0.15) is 0 Å². The summed E-state index contributed by atoms with van der Waals surface area (Å²) in [5, 5.41) is 13.8. The summed E-state index contributed by atoms with van der Waals surface area (Å²) in [6, 6.07) is 10.5. The molecule has 1 heterocycles. The highest BCUT2D eigenvalue weighted by Gasteiger charge is 2.03. The molecule has 1 aromatic carbocycles. The summed E-state index contributed by atoms with van der Waals surface area (Å²) in [5.74, 6) is 0.975. The van der Waals surface area contributed by atoms with Crippen LogP contribution in [-0.4, -0.2) is 18.0 Å². The fourth-order valence-electron chi connectivity index (χ4n) is 1.81. The Labute approximate surface area is 111 Å². The van der Waals surface area contributed by atoms with Gasteiger partial charge in [-0.3, -0.25) is 10.1 Å². The molecule has 0 aliphatic carbocycles. The van der Waals surface area contributed by atoms with Crippen molar-refractivity contribution in [3.63, 3.8) is 0 Å². The van der Waals surface area contributed by atoms with Crippen LogP contribution in [0.4, 0.5) is 5.69 Å². The molecular weight excluding hydrogens is 244 g/mol. The van der Waals surface area contributed by atoms with E-state index in [0.29, 0.717) is 0 Å². The first-order valence-electron chi connectivity index (χ1n) is 6.22. The number of nitro groups is 1. The minimum atomic E-state index is -0.384. The highest BCUT2D eigenvalue weighted by Crippen LogP contribution is 2.11. The number of nitro benzene ring substituents is 1. The van der Waals surface area contributed by atoms with Crippen LogP contribution in [0.3, 0.4) is 0 Å². The fraction of sp³-hybridized carbons (Fsp3) is 0.286. The zero-order valence-corrected chi connectivity index (χ0v) is 10.5. The van der Waals surface area contributed by atoms with Gasteiger partial charge in [-0.25, -0.2) is 0 Å². The SMILES string of the molecule is O=[N+]([O-])c1ccc(CCNCCc2ccco2)cc1. The number of furan rings is 1. The smallest absolute Gasteiger partial charge is 0.269 e. The van der Waals surface area contributed by atoms with Crippen LogP contribution in [0.25, 0.3) is 0 Å². The van der Waals surface area contributed by atoms with Gasteiger partial charge in [-0.15, -0.1) is 0 Å². The van der Waals surface area contributed by atoms with Gasteiger partial charge in [-0.1, -0.05) is 12.1 Å². The molecule has 0 saturated heterocycles. The van der Waals surface area contributed by atoms with Gasteiger partial charge in [-0.05, 0) is 30.7 Å². The molecule has 0 atom stereocenters. The lowest BCUT2D eigenvalue weighted by atomic mass is 10.1. The molecule has 0 saturated carbocycles. The Bertz CT molecular complexity index is 506. The van der Waals surface area contributed by atoms with E-state index in [1.165, 1.54) is 12.1 Å². The van der Waals surface area contributed by atoms with Crippen molar-refractivity contribution in [1.29, 1.82) is 0 Å². The molecule has 0 bridgehead atoms. The van der Waals surface area contributed by atoms with E-state index in [9.17, 15) is 10.1 Å². The standard InChI is InChI=1S/C14H16N2O3/c17-16(18)13-5-3-12(4-6-13)7-9-15-10-8-14-2-1-11-19-14/h1-6,11,15H,7-10H2. The van der Waals surface area contributed by atoms with E-state index in [-0.39, 0.29) is 10.6 Å². The first kappa shape index (κ1) is 13.3. The Balaban J connectivity index is 1.66. The average molecular weight is 260 g/mol. The largest absolute Gasteiger partial charge is 0.469 e. The van der Waals surface area contributed by atoms with Gasteiger partial charge in [0.05, 0.1) is 11.2 Å². The van der Waals surface area contributed by atoms with Gasteiger partial charge < -0.3 is 9.73 Å². The van der Waals surface area contributed by atoms with E-state index < -0.39 is 0 Å². The Morgan fingerprint density at radius 2 is 1.84 bits per heavy atom. The first-order valence-corrected chi connectivity index (χ1v) is 6.22. The number of benzene rings is 1. The zero-order chi connectivity index (χ0) is 13.5. The van der Waals surface area contributed by atoms with Crippen LogP contribution in [0.1, 0.15) is 11.3 Å². The molecule has 0 radical (unpaired) electrons. The summed E-state index contributed by atoms with van der Waals surface area (Å²) in [5.41, 5.74) is 1.23. The fourth-order valence-corrected chi connectivity index (χ4v) is 1.81. The Kier molecular flexibility index (Phi) is 4.69. The van der Waals surface area contributed by atoms with Crippen LogP contribution in [0.15, 0.2) is 47.1 Å². The van der Waals surface area contributed by atoms with E-state index in [0.717, 1.165) is 37.3 Å². The van der Waals surface area contributed by atoms with Crippen LogP contribution in [0.2, 0.25) is 0 Å². The van der Waals surface area contributed by atoms with Crippen LogP contribution < -0.4 is 5.32 Å². The zero-order valence-electron chi connectivity index (χ0n) is 10.5. The molecule has 0 fully saturated rings. The normalized spacial score (nSPS) is 10.5. The predicted molar refractivity (Wildman–Crippen MR) is 72.1 cm³/mol. The molecule has 19 heavy (non-hydrogen) atoms. The predicted octanol–water partition coefficient (Wildman–Crippen LogP) is 2.56. The number of nitrogens with one attached hydrogen (secondary N) is 1. The van der Waals surface area contributed by atoms with Gasteiger partial charge >= 0.3 is 0 Å². The van der Waals surface area contributed by atoms with Crippen molar-refractivity contribution < 1.29 is 9.34 Å². The summed E-state index contributed by atoms with van der Waals surface area (Å²) in [7, 11) is 0. The molecule has 1 aromatic heterocycles. The second-order valence-electron chi connectivity index (χ2n) is 4.25. The molecular formula is C14H16N2O3. The summed E-state index contributed by atoms with van der Waals surface area (Å²) < 4.78 is 5.23.